The fourth-order valence-corrected chi connectivity index (χ4v) is 3.30. The highest BCUT2D eigenvalue weighted by Gasteiger charge is 2.34. The van der Waals surface area contributed by atoms with Gasteiger partial charge in [0.25, 0.3) is 5.91 Å². The lowest BCUT2D eigenvalue weighted by atomic mass is 9.95. The summed E-state index contributed by atoms with van der Waals surface area (Å²) in [6.45, 7) is 4.38. The number of amides is 1. The predicted octanol–water partition coefficient (Wildman–Crippen LogP) is 2.38. The Morgan fingerprint density at radius 2 is 1.79 bits per heavy atom. The van der Waals surface area contributed by atoms with Crippen molar-refractivity contribution in [3.8, 4) is 17.6 Å². The van der Waals surface area contributed by atoms with Gasteiger partial charge in [-0.2, -0.15) is 0 Å². The molecule has 1 fully saturated rings. The maximum absolute atomic E-state index is 12.9. The minimum Gasteiger partial charge on any atom is -0.497 e. The normalized spacial score (nSPS) is 19.1. The maximum Gasteiger partial charge on any atom is 0.253 e. The van der Waals surface area contributed by atoms with E-state index >= 15 is 0 Å². The van der Waals surface area contributed by atoms with E-state index in [2.05, 4.69) is 11.8 Å². The number of carbonyl (C=O) groups excluding carboxylic acids is 1. The van der Waals surface area contributed by atoms with E-state index in [1.165, 1.54) is 0 Å². The van der Waals surface area contributed by atoms with Crippen LogP contribution in [-0.2, 0) is 0 Å². The summed E-state index contributed by atoms with van der Waals surface area (Å²) in [5.41, 5.74) is 7.76. The molecule has 3 rings (SSSR count). The number of carbonyl (C=O) groups is 1. The van der Waals surface area contributed by atoms with Gasteiger partial charge in [0, 0.05) is 36.2 Å². The summed E-state index contributed by atoms with van der Waals surface area (Å²) in [5, 5.41) is 9.69. The van der Waals surface area contributed by atoms with Crippen molar-refractivity contribution >= 4 is 5.91 Å². The average molecular weight is 378 g/mol. The number of nitrogens with two attached hydrogens (primary N) is 1. The second-order valence-corrected chi connectivity index (χ2v) is 7.64. The van der Waals surface area contributed by atoms with Crippen LogP contribution in [0.3, 0.4) is 0 Å². The van der Waals surface area contributed by atoms with Crippen LogP contribution in [0.1, 0.15) is 41.3 Å². The van der Waals surface area contributed by atoms with Crippen LogP contribution >= 0.6 is 0 Å². The van der Waals surface area contributed by atoms with Gasteiger partial charge in [-0.3, -0.25) is 4.79 Å². The second kappa shape index (κ2) is 8.05. The molecule has 0 radical (unpaired) electrons. The van der Waals surface area contributed by atoms with Crippen LogP contribution in [0.25, 0.3) is 0 Å². The Hall–Kier alpha value is -2.81. The molecule has 0 aromatic heterocycles. The molecule has 0 bridgehead atoms. The van der Waals surface area contributed by atoms with E-state index in [-0.39, 0.29) is 17.9 Å². The molecule has 0 unspecified atom stereocenters. The van der Waals surface area contributed by atoms with Crippen molar-refractivity contribution in [2.24, 2.45) is 5.73 Å². The van der Waals surface area contributed by atoms with Crippen molar-refractivity contribution < 1.29 is 14.6 Å². The molecule has 3 N–H and O–H groups in total. The van der Waals surface area contributed by atoms with Gasteiger partial charge in [0.05, 0.1) is 7.11 Å². The number of ether oxygens (including phenoxy) is 1. The van der Waals surface area contributed by atoms with Crippen LogP contribution in [0.2, 0.25) is 0 Å². The molecule has 5 heteroatoms. The van der Waals surface area contributed by atoms with Gasteiger partial charge in [-0.15, -0.1) is 0 Å². The van der Waals surface area contributed by atoms with Gasteiger partial charge in [0.1, 0.15) is 11.4 Å². The number of hydrogen-bond donors (Lipinski definition) is 2. The molecule has 0 aliphatic carbocycles. The van der Waals surface area contributed by atoms with Crippen molar-refractivity contribution in [2.45, 2.75) is 31.4 Å². The minimum absolute atomic E-state index is 0.0338. The summed E-state index contributed by atoms with van der Waals surface area (Å²) in [7, 11) is 1.64. The summed E-state index contributed by atoms with van der Waals surface area (Å²) in [6.07, 6.45) is 0. The Morgan fingerprint density at radius 3 is 2.36 bits per heavy atom. The Kier molecular flexibility index (Phi) is 5.73. The number of likely N-dealkylation sites (tertiary alicyclic amines) is 1. The van der Waals surface area contributed by atoms with Gasteiger partial charge in [0.2, 0.25) is 0 Å². The number of benzene rings is 2. The third kappa shape index (κ3) is 4.72. The van der Waals surface area contributed by atoms with E-state index in [1.54, 1.807) is 50.1 Å². The molecular formula is C23H26N2O3. The molecule has 1 saturated heterocycles. The van der Waals surface area contributed by atoms with Gasteiger partial charge in [-0.05, 0) is 55.8 Å². The van der Waals surface area contributed by atoms with Crippen LogP contribution in [0.4, 0.5) is 0 Å². The molecule has 28 heavy (non-hydrogen) atoms. The Balaban J connectivity index is 1.70. The molecule has 2 aromatic rings. The Morgan fingerprint density at radius 1 is 1.14 bits per heavy atom. The molecule has 0 saturated carbocycles. The third-order valence-electron chi connectivity index (χ3n) is 4.84. The number of methoxy groups -OCH3 is 1. The van der Waals surface area contributed by atoms with E-state index in [9.17, 15) is 9.90 Å². The van der Waals surface area contributed by atoms with E-state index in [0.29, 0.717) is 18.7 Å². The highest BCUT2D eigenvalue weighted by atomic mass is 16.5. The zero-order valence-corrected chi connectivity index (χ0v) is 16.5. The van der Waals surface area contributed by atoms with Crippen molar-refractivity contribution in [1.29, 1.82) is 0 Å². The quantitative estimate of drug-likeness (QED) is 0.804. The number of hydrogen-bond acceptors (Lipinski definition) is 4. The summed E-state index contributed by atoms with van der Waals surface area (Å²) in [6, 6.07) is 14.9. The predicted molar refractivity (Wildman–Crippen MR) is 109 cm³/mol. The standard InChI is InChI=1S/C23H26N2O3/c1-23(2,27)13-12-16-4-6-18(7-5-16)22(26)25-14-20(21(24)15-25)17-8-10-19(28-3)11-9-17/h4-11,20-21,27H,14-15,24H2,1-3H3/t20-,21+/m1/s1. The van der Waals surface area contributed by atoms with E-state index in [1.807, 2.05) is 24.3 Å². The second-order valence-electron chi connectivity index (χ2n) is 7.64. The zero-order valence-electron chi connectivity index (χ0n) is 16.5. The van der Waals surface area contributed by atoms with Crippen LogP contribution in [0, 0.1) is 11.8 Å². The van der Waals surface area contributed by atoms with E-state index in [4.69, 9.17) is 10.5 Å². The summed E-state index contributed by atoms with van der Waals surface area (Å²) in [4.78, 5) is 14.7. The Labute approximate surface area is 166 Å². The van der Waals surface area contributed by atoms with Gasteiger partial charge >= 0.3 is 0 Å². The van der Waals surface area contributed by atoms with Gasteiger partial charge in [-0.1, -0.05) is 24.0 Å². The molecule has 146 valence electrons. The highest BCUT2D eigenvalue weighted by Crippen LogP contribution is 2.28. The van der Waals surface area contributed by atoms with Crippen LogP contribution < -0.4 is 10.5 Å². The minimum atomic E-state index is -1.04. The molecule has 1 heterocycles. The summed E-state index contributed by atoms with van der Waals surface area (Å²) < 4.78 is 5.20. The lowest BCUT2D eigenvalue weighted by molar-refractivity contribution is 0.0789. The van der Waals surface area contributed by atoms with Gasteiger partial charge < -0.3 is 20.5 Å². The SMILES string of the molecule is COc1ccc([C@H]2CN(C(=O)c3ccc(C#CC(C)(C)O)cc3)C[C@@H]2N)cc1. The first-order valence-corrected chi connectivity index (χ1v) is 9.31. The lowest BCUT2D eigenvalue weighted by Crippen LogP contribution is -2.32. The average Bonchev–Trinajstić information content (AvgIpc) is 3.07. The van der Waals surface area contributed by atoms with Crippen molar-refractivity contribution in [1.82, 2.24) is 4.90 Å². The first kappa shape index (κ1) is 19.9. The van der Waals surface area contributed by atoms with Crippen molar-refractivity contribution in [3.05, 3.63) is 65.2 Å². The van der Waals surface area contributed by atoms with Crippen molar-refractivity contribution in [2.75, 3.05) is 20.2 Å². The molecule has 2 atom stereocenters. The molecule has 2 aromatic carbocycles. The number of aliphatic hydroxyl groups is 1. The number of rotatable bonds is 3. The molecule has 5 nitrogen and oxygen atoms in total. The van der Waals surface area contributed by atoms with Gasteiger partial charge in [0.15, 0.2) is 0 Å². The molecule has 1 aliphatic rings. The van der Waals surface area contributed by atoms with Crippen LogP contribution in [-0.4, -0.2) is 47.8 Å². The van der Waals surface area contributed by atoms with Crippen LogP contribution in [0.15, 0.2) is 48.5 Å². The number of nitrogens with zero attached hydrogens (tertiary/aromatic N) is 1. The van der Waals surface area contributed by atoms with Crippen molar-refractivity contribution in [3.63, 3.8) is 0 Å². The summed E-state index contributed by atoms with van der Waals surface area (Å²) >= 11 is 0. The molecular weight excluding hydrogens is 352 g/mol. The summed E-state index contributed by atoms with van der Waals surface area (Å²) in [5.74, 6) is 6.55. The Bertz CT molecular complexity index is 887. The van der Waals surface area contributed by atoms with E-state index in [0.717, 1.165) is 16.9 Å². The maximum atomic E-state index is 12.9. The van der Waals surface area contributed by atoms with E-state index < -0.39 is 5.60 Å². The lowest BCUT2D eigenvalue weighted by Gasteiger charge is -2.17. The van der Waals surface area contributed by atoms with Crippen LogP contribution in [0.5, 0.6) is 5.75 Å². The smallest absolute Gasteiger partial charge is 0.253 e. The molecule has 1 amide bonds. The largest absolute Gasteiger partial charge is 0.497 e. The zero-order chi connectivity index (χ0) is 20.3. The highest BCUT2D eigenvalue weighted by molar-refractivity contribution is 5.94. The topological polar surface area (TPSA) is 75.8 Å². The monoisotopic (exact) mass is 378 g/mol. The molecule has 0 spiro atoms. The first-order valence-electron chi connectivity index (χ1n) is 9.31. The third-order valence-corrected chi connectivity index (χ3v) is 4.84. The fourth-order valence-electron chi connectivity index (χ4n) is 3.30. The molecule has 1 aliphatic heterocycles. The first-order chi connectivity index (χ1) is 13.3. The fraction of sp³-hybridized carbons (Fsp3) is 0.348. The van der Waals surface area contributed by atoms with Gasteiger partial charge in [-0.25, -0.2) is 0 Å².